The molecule has 3 heterocycles. The van der Waals surface area contributed by atoms with E-state index in [9.17, 15) is 15.1 Å². The zero-order valence-corrected chi connectivity index (χ0v) is 31.9. The molecule has 0 radical (unpaired) electrons. The van der Waals surface area contributed by atoms with Crippen molar-refractivity contribution in [3.63, 3.8) is 0 Å². The van der Waals surface area contributed by atoms with Crippen LogP contribution in [0.3, 0.4) is 0 Å². The van der Waals surface area contributed by atoms with Gasteiger partial charge in [-0.05, 0) is 93.7 Å². The molecule has 7 aromatic carbocycles. The van der Waals surface area contributed by atoms with Crippen LogP contribution in [0.5, 0.6) is 0 Å². The lowest BCUT2D eigenvalue weighted by atomic mass is 9.62. The molecule has 3 nitrogen and oxygen atoms in total. The monoisotopic (exact) mass is 772 g/mol. The minimum Gasteiger partial charge on any atom is -0.334 e. The molecule has 2 unspecified atom stereocenters. The molecule has 0 amide bonds. The number of nitrogens with zero attached hydrogens (tertiary/aromatic N) is 3. The standard InChI is InChI=1S/C53H45N3Si/c1-52-31-13-14-32-53(52,2)56(51-30-33-54-37-48(51)52)41-27-29-50-47(36-41)46-24-11-12-25-49(46)55(50)40-18-15-23-44(35-40)57(42-19-5-3-6-20-42,43-21-7-4-8-22-43)45-28-26-38-16-9-10-17-39(38)34-45/h3-12,15-30,33-37H,13-14,31-32H2,1-2H3/i3D,4D,5D,6D,7D,8D,9D,10D,15D,16D,17D,18D,19D,20D,21D,22D,23D,26D,28D,34D,35D. The van der Waals surface area contributed by atoms with E-state index in [4.69, 9.17) is 13.7 Å². The van der Waals surface area contributed by atoms with Crippen LogP contribution in [-0.4, -0.2) is 23.2 Å². The number of pyridine rings is 1. The van der Waals surface area contributed by atoms with Crippen LogP contribution in [0.25, 0.3) is 38.3 Å². The van der Waals surface area contributed by atoms with E-state index in [1.54, 1.807) is 30.5 Å². The van der Waals surface area contributed by atoms with Crippen molar-refractivity contribution in [1.29, 1.82) is 0 Å². The molecule has 2 aromatic heterocycles. The zero-order valence-electron chi connectivity index (χ0n) is 51.9. The van der Waals surface area contributed by atoms with E-state index in [1.165, 1.54) is 4.57 Å². The summed E-state index contributed by atoms with van der Waals surface area (Å²) < 4.78 is 198. The van der Waals surface area contributed by atoms with Gasteiger partial charge in [-0.25, -0.2) is 0 Å². The minimum absolute atomic E-state index is 0.267. The summed E-state index contributed by atoms with van der Waals surface area (Å²) in [7, 11) is -6.22. The van der Waals surface area contributed by atoms with Crippen molar-refractivity contribution in [2.75, 3.05) is 4.90 Å². The summed E-state index contributed by atoms with van der Waals surface area (Å²) in [4.78, 5) is 6.86. The SMILES string of the molecule is [2H]c1c([2H])c([2H])c([Si](c2c([2H])c([2H])c([2H])c([2H])c2[2H])(c2c([2H])c([2H])c([2H])c(-n3c4ccccc4c4cc(N5c6ccncc6C6(C)CCCCC56C)ccc43)c2[2H])c2c([2H])c([2H])c3c([2H])c([2H])c([2H])c([2H])c3c2[2H])c([2H])c1[2H]. The van der Waals surface area contributed by atoms with Gasteiger partial charge in [-0.2, -0.15) is 0 Å². The lowest BCUT2D eigenvalue weighted by Crippen LogP contribution is -2.74. The number of aromatic nitrogens is 2. The number of rotatable bonds is 6. The summed E-state index contributed by atoms with van der Waals surface area (Å²) >= 11 is 0. The normalized spacial score (nSPS) is 24.4. The van der Waals surface area contributed by atoms with Crippen LogP contribution in [0.15, 0.2) is 188 Å². The van der Waals surface area contributed by atoms with Crippen LogP contribution in [0.1, 0.15) is 73.9 Å². The predicted molar refractivity (Wildman–Crippen MR) is 243 cm³/mol. The Bertz CT molecular complexity index is 4070. The van der Waals surface area contributed by atoms with Crippen LogP contribution in [-0.2, 0) is 5.41 Å². The highest BCUT2D eigenvalue weighted by molar-refractivity contribution is 7.20. The third kappa shape index (κ3) is 4.87. The highest BCUT2D eigenvalue weighted by Gasteiger charge is 2.57. The van der Waals surface area contributed by atoms with Gasteiger partial charge in [-0.15, -0.1) is 0 Å². The Labute approximate surface area is 365 Å². The van der Waals surface area contributed by atoms with Crippen molar-refractivity contribution >= 4 is 72.8 Å². The first-order chi connectivity index (χ1) is 36.7. The number of hydrogen-bond donors (Lipinski definition) is 0. The van der Waals surface area contributed by atoms with Crippen LogP contribution in [0.2, 0.25) is 0 Å². The summed E-state index contributed by atoms with van der Waals surface area (Å²) in [6.45, 7) is 4.51. The topological polar surface area (TPSA) is 21.1 Å². The molecule has 1 aliphatic carbocycles. The Balaban J connectivity index is 1.36. The van der Waals surface area contributed by atoms with E-state index in [0.717, 1.165) is 42.6 Å². The van der Waals surface area contributed by atoms with E-state index in [-0.39, 0.29) is 5.41 Å². The van der Waals surface area contributed by atoms with Crippen molar-refractivity contribution in [1.82, 2.24) is 9.55 Å². The van der Waals surface area contributed by atoms with E-state index in [2.05, 4.69) is 23.7 Å². The summed E-state index contributed by atoms with van der Waals surface area (Å²) in [5, 5.41) is -3.87. The number of benzene rings is 7. The number of hydrogen-bond acceptors (Lipinski definition) is 2. The second kappa shape index (κ2) is 12.9. The lowest BCUT2D eigenvalue weighted by Gasteiger charge is -2.50. The molecule has 2 aliphatic rings. The first-order valence-electron chi connectivity index (χ1n) is 29.3. The Kier molecular flexibility index (Phi) is 4.26. The van der Waals surface area contributed by atoms with Crippen molar-refractivity contribution in [2.45, 2.75) is 50.5 Å². The largest absolute Gasteiger partial charge is 0.334 e. The Morgan fingerprint density at radius 3 is 2.09 bits per heavy atom. The summed E-state index contributed by atoms with van der Waals surface area (Å²) in [6, 6.07) is -6.28. The maximum absolute atomic E-state index is 10.6. The van der Waals surface area contributed by atoms with E-state index < -0.39 is 178 Å². The van der Waals surface area contributed by atoms with Gasteiger partial charge in [0, 0.05) is 51.2 Å². The van der Waals surface area contributed by atoms with Crippen molar-refractivity contribution < 1.29 is 28.8 Å². The van der Waals surface area contributed by atoms with Gasteiger partial charge >= 0.3 is 0 Å². The molecule has 0 saturated heterocycles. The molecule has 9 aromatic rings. The second-order valence-corrected chi connectivity index (χ2v) is 18.6. The number of anilines is 2. The van der Waals surface area contributed by atoms with Crippen molar-refractivity contribution in [3.05, 3.63) is 193 Å². The molecule has 1 fully saturated rings. The van der Waals surface area contributed by atoms with E-state index in [0.29, 0.717) is 21.8 Å². The smallest absolute Gasteiger partial charge is 0.179 e. The molecule has 4 heteroatoms. The third-order valence-electron chi connectivity index (χ3n) is 12.4. The Hall–Kier alpha value is -6.23. The third-order valence-corrected chi connectivity index (χ3v) is 16.4. The first kappa shape index (κ1) is 18.8. The van der Waals surface area contributed by atoms with Gasteiger partial charge in [0.15, 0.2) is 8.07 Å². The summed E-state index contributed by atoms with van der Waals surface area (Å²) in [5.74, 6) is 0. The number of para-hydroxylation sites is 1. The Morgan fingerprint density at radius 1 is 0.596 bits per heavy atom. The highest BCUT2D eigenvalue weighted by atomic mass is 28.3. The van der Waals surface area contributed by atoms with Gasteiger partial charge in [-0.1, -0.05) is 153 Å². The highest BCUT2D eigenvalue weighted by Crippen LogP contribution is 2.60. The minimum atomic E-state index is -6.22. The molecule has 0 N–H and O–H groups in total. The van der Waals surface area contributed by atoms with Gasteiger partial charge in [0.2, 0.25) is 0 Å². The fourth-order valence-electron chi connectivity index (χ4n) is 9.54. The van der Waals surface area contributed by atoms with E-state index >= 15 is 0 Å². The molecular weight excluding hydrogens is 707 g/mol. The number of fused-ring (bicyclic) bond motifs is 7. The van der Waals surface area contributed by atoms with Crippen LogP contribution < -0.4 is 25.6 Å². The van der Waals surface area contributed by atoms with Crippen LogP contribution in [0.4, 0.5) is 11.4 Å². The lowest BCUT2D eigenvalue weighted by molar-refractivity contribution is 0.194. The second-order valence-electron chi connectivity index (χ2n) is 15.1. The Morgan fingerprint density at radius 2 is 1.28 bits per heavy atom. The molecule has 1 aliphatic heterocycles. The van der Waals surface area contributed by atoms with Gasteiger partial charge in [0.05, 0.1) is 45.4 Å². The van der Waals surface area contributed by atoms with Gasteiger partial charge in [0.1, 0.15) is 0 Å². The zero-order chi connectivity index (χ0) is 56.5. The van der Waals surface area contributed by atoms with E-state index in [1.807, 2.05) is 30.5 Å². The first-order valence-corrected chi connectivity index (χ1v) is 20.8. The predicted octanol–water partition coefficient (Wildman–Crippen LogP) is 10.5. The van der Waals surface area contributed by atoms with Gasteiger partial charge < -0.3 is 9.47 Å². The molecule has 276 valence electrons. The molecule has 2 atom stereocenters. The summed E-state index contributed by atoms with van der Waals surface area (Å²) in [5.41, 5.74) is 2.54. The molecule has 11 rings (SSSR count). The average molecular weight is 773 g/mol. The summed E-state index contributed by atoms with van der Waals surface area (Å²) in [6.07, 6.45) is 7.50. The van der Waals surface area contributed by atoms with Crippen molar-refractivity contribution in [3.8, 4) is 5.69 Å². The molecule has 57 heavy (non-hydrogen) atoms. The van der Waals surface area contributed by atoms with Crippen LogP contribution >= 0.6 is 0 Å². The molecule has 1 saturated carbocycles. The van der Waals surface area contributed by atoms with Gasteiger partial charge in [-0.3, -0.25) is 4.98 Å². The fraction of sp³-hybridized carbons (Fsp3) is 0.151. The average Bonchev–Trinajstić information content (AvgIpc) is 3.90. The fourth-order valence-corrected chi connectivity index (χ4v) is 13.2. The maximum Gasteiger partial charge on any atom is 0.179 e. The molecule has 0 spiro atoms. The molecule has 0 bridgehead atoms. The van der Waals surface area contributed by atoms with Crippen molar-refractivity contribution in [2.24, 2.45) is 0 Å². The van der Waals surface area contributed by atoms with Gasteiger partial charge in [0.25, 0.3) is 0 Å². The quantitative estimate of drug-likeness (QED) is 0.124. The van der Waals surface area contributed by atoms with Crippen LogP contribution in [0, 0.1) is 0 Å². The maximum atomic E-state index is 10.6. The molecular formula is C53H45N3Si.